The van der Waals surface area contributed by atoms with Gasteiger partial charge in [-0.2, -0.15) is 5.10 Å². The molecule has 0 aliphatic rings. The van der Waals surface area contributed by atoms with Gasteiger partial charge in [-0.15, -0.1) is 0 Å². The van der Waals surface area contributed by atoms with Crippen molar-refractivity contribution in [2.24, 2.45) is 0 Å². The maximum absolute atomic E-state index is 3.75. The molecule has 0 aliphatic heterocycles. The Hall–Kier alpha value is -0.480. The van der Waals surface area contributed by atoms with Gasteiger partial charge in [0.15, 0.2) is 0 Å². The third-order valence-electron chi connectivity index (χ3n) is 0.687. The molecule has 2 N–H and O–H groups in total. The van der Waals surface area contributed by atoms with E-state index < -0.39 is 0 Å². The van der Waals surface area contributed by atoms with Gasteiger partial charge in [0.2, 0.25) is 0 Å². The monoisotopic (exact) mass is 129 g/mol. The van der Waals surface area contributed by atoms with Gasteiger partial charge in [0.25, 0.3) is 0 Å². The van der Waals surface area contributed by atoms with Gasteiger partial charge in [-0.3, -0.25) is 9.82 Å². The van der Waals surface area contributed by atoms with Crippen molar-refractivity contribution in [3.05, 3.63) is 12.3 Å². The van der Waals surface area contributed by atoms with Crippen LogP contribution in [0.3, 0.4) is 0 Å². The van der Waals surface area contributed by atoms with E-state index in [2.05, 4.69) is 14.9 Å². The van der Waals surface area contributed by atoms with Crippen LogP contribution >= 0.6 is 11.9 Å². The Morgan fingerprint density at radius 3 is 3.25 bits per heavy atom. The molecule has 0 aromatic carbocycles. The lowest BCUT2D eigenvalue weighted by Gasteiger charge is -1.88. The molecule has 1 aromatic rings. The van der Waals surface area contributed by atoms with Gasteiger partial charge in [0, 0.05) is 6.20 Å². The molecular weight excluding hydrogens is 122 g/mol. The van der Waals surface area contributed by atoms with Crippen LogP contribution in [0.4, 0.5) is 0 Å². The minimum Gasteiger partial charge on any atom is -0.271 e. The van der Waals surface area contributed by atoms with Crippen LogP contribution in [0, 0.1) is 0 Å². The predicted molar refractivity (Wildman–Crippen MR) is 33.5 cm³/mol. The van der Waals surface area contributed by atoms with E-state index in [0.29, 0.717) is 0 Å². The first kappa shape index (κ1) is 5.65. The second-order valence-corrected chi connectivity index (χ2v) is 2.28. The maximum Gasteiger partial charge on any atom is 0.106 e. The molecule has 0 saturated carbocycles. The summed E-state index contributed by atoms with van der Waals surface area (Å²) >= 11 is 1.51. The summed E-state index contributed by atoms with van der Waals surface area (Å²) in [5.41, 5.74) is 0. The van der Waals surface area contributed by atoms with E-state index in [1.165, 1.54) is 11.9 Å². The molecule has 4 heteroatoms. The lowest BCUT2D eigenvalue weighted by Crippen LogP contribution is -1.89. The van der Waals surface area contributed by atoms with Crippen molar-refractivity contribution in [3.8, 4) is 0 Å². The van der Waals surface area contributed by atoms with E-state index in [4.69, 9.17) is 0 Å². The van der Waals surface area contributed by atoms with E-state index in [0.717, 1.165) is 5.03 Å². The molecular formula is C4H7N3S. The zero-order chi connectivity index (χ0) is 5.82. The summed E-state index contributed by atoms with van der Waals surface area (Å²) in [6.45, 7) is 0. The summed E-state index contributed by atoms with van der Waals surface area (Å²) in [6.07, 6.45) is 1.72. The van der Waals surface area contributed by atoms with Crippen LogP contribution in [-0.2, 0) is 0 Å². The number of H-pyrrole nitrogens is 1. The fraction of sp³-hybridized carbons (Fsp3) is 0.250. The van der Waals surface area contributed by atoms with Gasteiger partial charge in [-0.05, 0) is 25.1 Å². The van der Waals surface area contributed by atoms with Crippen molar-refractivity contribution in [3.63, 3.8) is 0 Å². The average Bonchev–Trinajstić information content (AvgIpc) is 2.19. The molecule has 3 nitrogen and oxygen atoms in total. The number of nitrogens with zero attached hydrogens (tertiary/aromatic N) is 1. The third-order valence-corrected chi connectivity index (χ3v) is 1.34. The molecule has 0 unspecified atom stereocenters. The van der Waals surface area contributed by atoms with E-state index >= 15 is 0 Å². The molecule has 0 spiro atoms. The lowest BCUT2D eigenvalue weighted by atomic mass is 10.8. The van der Waals surface area contributed by atoms with Gasteiger partial charge in [0.1, 0.15) is 5.03 Å². The zero-order valence-corrected chi connectivity index (χ0v) is 5.33. The second-order valence-electron chi connectivity index (χ2n) is 1.23. The molecule has 0 fully saturated rings. The lowest BCUT2D eigenvalue weighted by molar-refractivity contribution is 0.999. The number of rotatable bonds is 2. The van der Waals surface area contributed by atoms with Crippen LogP contribution in [0.2, 0.25) is 0 Å². The van der Waals surface area contributed by atoms with E-state index in [-0.39, 0.29) is 0 Å². The van der Waals surface area contributed by atoms with Crippen molar-refractivity contribution in [2.45, 2.75) is 5.03 Å². The Morgan fingerprint density at radius 2 is 2.75 bits per heavy atom. The van der Waals surface area contributed by atoms with Crippen LogP contribution in [0.5, 0.6) is 0 Å². The summed E-state index contributed by atoms with van der Waals surface area (Å²) in [7, 11) is 1.87. The summed E-state index contributed by atoms with van der Waals surface area (Å²) in [4.78, 5) is 0. The smallest absolute Gasteiger partial charge is 0.106 e. The molecule has 8 heavy (non-hydrogen) atoms. The Morgan fingerprint density at radius 1 is 1.88 bits per heavy atom. The van der Waals surface area contributed by atoms with Crippen LogP contribution in [0.1, 0.15) is 0 Å². The quantitative estimate of drug-likeness (QED) is 0.575. The second kappa shape index (κ2) is 2.74. The molecule has 0 saturated heterocycles. The fourth-order valence-electron chi connectivity index (χ4n) is 0.410. The third kappa shape index (κ3) is 1.24. The number of aromatic nitrogens is 2. The number of hydrogen-bond acceptors (Lipinski definition) is 3. The molecule has 0 amide bonds. The zero-order valence-electron chi connectivity index (χ0n) is 4.51. The van der Waals surface area contributed by atoms with Gasteiger partial charge in [-0.25, -0.2) is 0 Å². The van der Waals surface area contributed by atoms with Gasteiger partial charge in [-0.1, -0.05) is 0 Å². The van der Waals surface area contributed by atoms with Crippen LogP contribution in [-0.4, -0.2) is 17.2 Å². The number of hydrogen-bond donors (Lipinski definition) is 2. The van der Waals surface area contributed by atoms with E-state index in [9.17, 15) is 0 Å². The first-order chi connectivity index (χ1) is 3.93. The van der Waals surface area contributed by atoms with Crippen LogP contribution in [0.15, 0.2) is 17.3 Å². The van der Waals surface area contributed by atoms with Crippen LogP contribution < -0.4 is 4.72 Å². The summed E-state index contributed by atoms with van der Waals surface area (Å²) in [5, 5.41) is 7.58. The topological polar surface area (TPSA) is 40.7 Å². The minimum atomic E-state index is 1.03. The summed E-state index contributed by atoms with van der Waals surface area (Å²) in [6, 6.07) is 1.90. The van der Waals surface area contributed by atoms with Crippen molar-refractivity contribution in [2.75, 3.05) is 7.05 Å². The van der Waals surface area contributed by atoms with Gasteiger partial charge < -0.3 is 0 Å². The molecule has 0 bridgehead atoms. The summed E-state index contributed by atoms with van der Waals surface area (Å²) < 4.78 is 2.92. The molecule has 0 radical (unpaired) electrons. The fourth-order valence-corrected chi connectivity index (χ4v) is 0.857. The largest absolute Gasteiger partial charge is 0.271 e. The minimum absolute atomic E-state index is 1.03. The van der Waals surface area contributed by atoms with Gasteiger partial charge >= 0.3 is 0 Å². The first-order valence-corrected chi connectivity index (χ1v) is 3.08. The predicted octanol–water partition coefficient (Wildman–Crippen LogP) is 0.636. The Balaban J connectivity index is 2.50. The Kier molecular flexibility index (Phi) is 1.93. The highest BCUT2D eigenvalue weighted by Gasteiger charge is 1.87. The van der Waals surface area contributed by atoms with E-state index in [1.807, 2.05) is 13.1 Å². The molecule has 44 valence electrons. The highest BCUT2D eigenvalue weighted by molar-refractivity contribution is 7.97. The average molecular weight is 129 g/mol. The molecule has 0 aliphatic carbocycles. The Labute approximate surface area is 52.0 Å². The molecule has 0 atom stereocenters. The normalized spacial score (nSPS) is 9.62. The number of aromatic amines is 1. The van der Waals surface area contributed by atoms with Crippen molar-refractivity contribution >= 4 is 11.9 Å². The number of nitrogens with one attached hydrogen (secondary N) is 2. The molecule has 1 aromatic heterocycles. The van der Waals surface area contributed by atoms with E-state index in [1.54, 1.807) is 6.20 Å². The molecule has 1 rings (SSSR count). The van der Waals surface area contributed by atoms with Crippen LogP contribution in [0.25, 0.3) is 0 Å². The highest BCUT2D eigenvalue weighted by Crippen LogP contribution is 2.06. The van der Waals surface area contributed by atoms with Gasteiger partial charge in [0.05, 0.1) is 0 Å². The maximum atomic E-state index is 3.75. The SMILES string of the molecule is CNSc1ccn[nH]1. The summed E-state index contributed by atoms with van der Waals surface area (Å²) in [5.74, 6) is 0. The highest BCUT2D eigenvalue weighted by atomic mass is 32.2. The van der Waals surface area contributed by atoms with Crippen molar-refractivity contribution in [1.29, 1.82) is 0 Å². The Bertz CT molecular complexity index is 137. The molecule has 1 heterocycles. The van der Waals surface area contributed by atoms with Crippen molar-refractivity contribution in [1.82, 2.24) is 14.9 Å². The van der Waals surface area contributed by atoms with Crippen molar-refractivity contribution < 1.29 is 0 Å². The standard InChI is InChI=1S/C4H7N3S/c1-5-8-4-2-3-6-7-4/h2-3,5H,1H3,(H,6,7). The first-order valence-electron chi connectivity index (χ1n) is 2.26.